The van der Waals surface area contributed by atoms with Gasteiger partial charge in [-0.1, -0.05) is 37.3 Å². The maximum Gasteiger partial charge on any atom is 0.274 e. The first-order chi connectivity index (χ1) is 6.99. The molecule has 1 unspecified atom stereocenters. The van der Waals surface area contributed by atoms with Gasteiger partial charge in [0.25, 0.3) is 10.2 Å². The summed E-state index contributed by atoms with van der Waals surface area (Å²) in [7, 11) is -3.55. The molecule has 0 radical (unpaired) electrons. The van der Waals surface area contributed by atoms with Crippen molar-refractivity contribution in [3.05, 3.63) is 35.9 Å². The first kappa shape index (κ1) is 12.2. The normalized spacial score (nSPS) is 13.7. The van der Waals surface area contributed by atoms with Crippen LogP contribution in [-0.2, 0) is 10.2 Å². The number of hydrogen-bond donors (Lipinski definition) is 2. The van der Waals surface area contributed by atoms with Crippen LogP contribution in [0.2, 0.25) is 0 Å². The first-order valence-electron chi connectivity index (χ1n) is 4.81. The molecular weight excluding hydrogens is 212 g/mol. The van der Waals surface area contributed by atoms with Crippen LogP contribution in [0.1, 0.15) is 24.8 Å². The molecule has 0 amide bonds. The molecule has 4 nitrogen and oxygen atoms in total. The fourth-order valence-electron chi connectivity index (χ4n) is 1.37. The van der Waals surface area contributed by atoms with E-state index >= 15 is 0 Å². The summed E-state index contributed by atoms with van der Waals surface area (Å²) < 4.78 is 23.5. The van der Waals surface area contributed by atoms with Crippen LogP contribution < -0.4 is 9.86 Å². The van der Waals surface area contributed by atoms with E-state index in [0.29, 0.717) is 12.5 Å². The third-order valence-electron chi connectivity index (χ3n) is 2.25. The largest absolute Gasteiger partial charge is 0.274 e. The van der Waals surface area contributed by atoms with Crippen molar-refractivity contribution >= 4 is 10.2 Å². The van der Waals surface area contributed by atoms with Crippen molar-refractivity contribution in [3.8, 4) is 0 Å². The molecule has 0 fully saturated rings. The van der Waals surface area contributed by atoms with Crippen molar-refractivity contribution in [3.63, 3.8) is 0 Å². The molecule has 0 aromatic heterocycles. The molecule has 3 N–H and O–H groups in total. The number of nitrogens with one attached hydrogen (secondary N) is 1. The maximum atomic E-state index is 10.6. The molecule has 0 saturated carbocycles. The minimum atomic E-state index is -3.55. The molecule has 1 aromatic carbocycles. The molecule has 15 heavy (non-hydrogen) atoms. The molecule has 84 valence electrons. The van der Waals surface area contributed by atoms with Crippen LogP contribution in [0.4, 0.5) is 0 Å². The topological polar surface area (TPSA) is 72.2 Å². The maximum absolute atomic E-state index is 10.6. The van der Waals surface area contributed by atoms with E-state index in [4.69, 9.17) is 5.14 Å². The monoisotopic (exact) mass is 228 g/mol. The summed E-state index contributed by atoms with van der Waals surface area (Å²) in [6.07, 6.45) is 0.737. The van der Waals surface area contributed by atoms with Gasteiger partial charge in [-0.2, -0.15) is 8.42 Å². The number of nitrogens with two attached hydrogens (primary N) is 1. The average Bonchev–Trinajstić information content (AvgIpc) is 2.17. The lowest BCUT2D eigenvalue weighted by Gasteiger charge is -2.11. The first-order valence-corrected chi connectivity index (χ1v) is 6.36. The summed E-state index contributed by atoms with van der Waals surface area (Å²) in [4.78, 5) is 0. The van der Waals surface area contributed by atoms with Gasteiger partial charge in [-0.3, -0.25) is 0 Å². The van der Waals surface area contributed by atoms with E-state index in [2.05, 4.69) is 11.6 Å². The second kappa shape index (κ2) is 5.25. The summed E-state index contributed by atoms with van der Waals surface area (Å²) >= 11 is 0. The van der Waals surface area contributed by atoms with Crippen LogP contribution in [0.5, 0.6) is 0 Å². The Morgan fingerprint density at radius 2 is 1.93 bits per heavy atom. The van der Waals surface area contributed by atoms with Crippen LogP contribution in [-0.4, -0.2) is 15.0 Å². The van der Waals surface area contributed by atoms with Gasteiger partial charge in [-0.05, 0) is 17.9 Å². The minimum Gasteiger partial charge on any atom is -0.216 e. The Morgan fingerprint density at radius 3 is 2.47 bits per heavy atom. The molecule has 0 aliphatic heterocycles. The summed E-state index contributed by atoms with van der Waals surface area (Å²) in [6, 6.07) is 9.96. The molecule has 0 bridgehead atoms. The fraction of sp³-hybridized carbons (Fsp3) is 0.400. The lowest BCUT2D eigenvalue weighted by atomic mass is 9.98. The Bertz CT molecular complexity index is 389. The van der Waals surface area contributed by atoms with Crippen LogP contribution >= 0.6 is 0 Å². The molecule has 1 rings (SSSR count). The summed E-state index contributed by atoms with van der Waals surface area (Å²) in [6.45, 7) is 2.43. The van der Waals surface area contributed by atoms with Crippen molar-refractivity contribution in [1.29, 1.82) is 0 Å². The molecule has 0 heterocycles. The number of rotatable bonds is 5. The fourth-order valence-corrected chi connectivity index (χ4v) is 1.77. The quantitative estimate of drug-likeness (QED) is 0.788. The van der Waals surface area contributed by atoms with Gasteiger partial charge in [0.15, 0.2) is 0 Å². The molecule has 0 spiro atoms. The second-order valence-electron chi connectivity index (χ2n) is 3.54. The Labute approximate surface area is 90.7 Å². The van der Waals surface area contributed by atoms with E-state index in [1.807, 2.05) is 30.3 Å². The third-order valence-corrected chi connectivity index (χ3v) is 2.86. The SMILES string of the molecule is CC(CCNS(N)(=O)=O)c1ccccc1. The van der Waals surface area contributed by atoms with E-state index in [1.165, 1.54) is 5.56 Å². The van der Waals surface area contributed by atoms with Gasteiger partial charge in [0.05, 0.1) is 0 Å². The zero-order valence-corrected chi connectivity index (χ0v) is 9.50. The minimum absolute atomic E-state index is 0.320. The highest BCUT2D eigenvalue weighted by Gasteiger charge is 2.06. The number of hydrogen-bond acceptors (Lipinski definition) is 2. The van der Waals surface area contributed by atoms with Crippen molar-refractivity contribution in [2.75, 3.05) is 6.54 Å². The summed E-state index contributed by atoms with van der Waals surface area (Å²) in [5, 5.41) is 4.82. The van der Waals surface area contributed by atoms with Crippen molar-refractivity contribution < 1.29 is 8.42 Å². The van der Waals surface area contributed by atoms with Gasteiger partial charge in [-0.25, -0.2) is 9.86 Å². The summed E-state index contributed by atoms with van der Waals surface area (Å²) in [5.41, 5.74) is 1.20. The third kappa shape index (κ3) is 4.92. The zero-order valence-electron chi connectivity index (χ0n) is 8.68. The van der Waals surface area contributed by atoms with E-state index in [-0.39, 0.29) is 0 Å². The molecule has 5 heteroatoms. The second-order valence-corrected chi connectivity index (χ2v) is 4.92. The Kier molecular flexibility index (Phi) is 4.26. The van der Waals surface area contributed by atoms with E-state index in [0.717, 1.165) is 6.42 Å². The van der Waals surface area contributed by atoms with E-state index in [9.17, 15) is 8.42 Å². The van der Waals surface area contributed by atoms with Gasteiger partial charge in [-0.15, -0.1) is 0 Å². The highest BCUT2D eigenvalue weighted by atomic mass is 32.2. The van der Waals surface area contributed by atoms with E-state index < -0.39 is 10.2 Å². The molecule has 1 aromatic rings. The van der Waals surface area contributed by atoms with E-state index in [1.54, 1.807) is 0 Å². The summed E-state index contributed by atoms with van der Waals surface area (Å²) in [5.74, 6) is 0.320. The average molecular weight is 228 g/mol. The van der Waals surface area contributed by atoms with Gasteiger partial charge >= 0.3 is 0 Å². The van der Waals surface area contributed by atoms with Crippen molar-refractivity contribution in [1.82, 2.24) is 4.72 Å². The van der Waals surface area contributed by atoms with Crippen molar-refractivity contribution in [2.24, 2.45) is 5.14 Å². The van der Waals surface area contributed by atoms with Crippen LogP contribution in [0.3, 0.4) is 0 Å². The van der Waals surface area contributed by atoms with Gasteiger partial charge in [0.2, 0.25) is 0 Å². The van der Waals surface area contributed by atoms with Crippen LogP contribution in [0.15, 0.2) is 30.3 Å². The lowest BCUT2D eigenvalue weighted by Crippen LogP contribution is -2.31. The van der Waals surface area contributed by atoms with Gasteiger partial charge in [0.1, 0.15) is 0 Å². The Morgan fingerprint density at radius 1 is 1.33 bits per heavy atom. The highest BCUT2D eigenvalue weighted by Crippen LogP contribution is 2.17. The van der Waals surface area contributed by atoms with Crippen LogP contribution in [0.25, 0.3) is 0 Å². The Hall–Kier alpha value is -0.910. The number of benzene rings is 1. The predicted octanol–water partition coefficient (Wildman–Crippen LogP) is 0.973. The van der Waals surface area contributed by atoms with Gasteiger partial charge < -0.3 is 0 Å². The smallest absolute Gasteiger partial charge is 0.216 e. The highest BCUT2D eigenvalue weighted by molar-refractivity contribution is 7.87. The van der Waals surface area contributed by atoms with Crippen molar-refractivity contribution in [2.45, 2.75) is 19.3 Å². The standard InChI is InChI=1S/C10H16N2O2S/c1-9(7-8-12-15(11,13)14)10-5-3-2-4-6-10/h2-6,9,12H,7-8H2,1H3,(H2,11,13,14). The molecule has 0 aliphatic rings. The molecule has 0 aliphatic carbocycles. The lowest BCUT2D eigenvalue weighted by molar-refractivity contribution is 0.574. The zero-order chi connectivity index (χ0) is 11.3. The van der Waals surface area contributed by atoms with Gasteiger partial charge in [0, 0.05) is 6.54 Å². The predicted molar refractivity (Wildman–Crippen MR) is 60.6 cm³/mol. The molecule has 0 saturated heterocycles. The Balaban J connectivity index is 2.41. The van der Waals surface area contributed by atoms with Crippen LogP contribution in [0, 0.1) is 0 Å². The molecular formula is C10H16N2O2S. The molecule has 1 atom stereocenters.